The zero-order chi connectivity index (χ0) is 37.7. The third kappa shape index (κ3) is 7.08. The summed E-state index contributed by atoms with van der Waals surface area (Å²) < 4.78 is 0. The van der Waals surface area contributed by atoms with Gasteiger partial charge in [0.25, 0.3) is 0 Å². The molecule has 262 valence electrons. The van der Waals surface area contributed by atoms with Crippen LogP contribution in [0.4, 0.5) is 0 Å². The molecular weight excluding hydrogens is 685 g/mol. The zero-order valence-corrected chi connectivity index (χ0v) is 30.2. The standard InChI is InChI=1S/C50H32N6/c51-33-34-13-10-20-38(29-34)39-25-26-44(40-21-11-23-42(30-40)47-28-27-46(55-56-47)35-14-4-1-5-15-35)45(32-39)41-22-12-24-43(31-41)50-53-48(36-16-6-2-7-17-36)52-49(54-50)37-18-8-3-9-19-37/h1-32H. The van der Waals surface area contributed by atoms with Crippen molar-refractivity contribution in [2.75, 3.05) is 0 Å². The average Bonchev–Trinajstić information content (AvgIpc) is 3.29. The molecule has 0 spiro atoms. The Bertz CT molecular complexity index is 2790. The minimum atomic E-state index is 0.582. The van der Waals surface area contributed by atoms with Crippen molar-refractivity contribution in [3.05, 3.63) is 200 Å². The maximum atomic E-state index is 9.67. The van der Waals surface area contributed by atoms with Crippen LogP contribution >= 0.6 is 0 Å². The van der Waals surface area contributed by atoms with Gasteiger partial charge in [0.15, 0.2) is 17.5 Å². The van der Waals surface area contributed by atoms with E-state index in [1.165, 1.54) is 0 Å². The van der Waals surface area contributed by atoms with Crippen molar-refractivity contribution >= 4 is 0 Å². The van der Waals surface area contributed by atoms with Gasteiger partial charge in [0.2, 0.25) is 0 Å². The largest absolute Gasteiger partial charge is 0.208 e. The van der Waals surface area contributed by atoms with E-state index >= 15 is 0 Å². The number of hydrogen-bond donors (Lipinski definition) is 0. The van der Waals surface area contributed by atoms with E-state index in [0.717, 1.165) is 72.6 Å². The summed E-state index contributed by atoms with van der Waals surface area (Å²) >= 11 is 0. The van der Waals surface area contributed by atoms with E-state index in [4.69, 9.17) is 15.0 Å². The van der Waals surface area contributed by atoms with Crippen LogP contribution in [0, 0.1) is 11.3 Å². The number of rotatable bonds is 8. The van der Waals surface area contributed by atoms with Gasteiger partial charge in [0.05, 0.1) is 23.0 Å². The van der Waals surface area contributed by atoms with E-state index in [1.54, 1.807) is 0 Å². The molecule has 9 aromatic rings. The Morgan fingerprint density at radius 2 is 0.750 bits per heavy atom. The summed E-state index contributed by atoms with van der Waals surface area (Å²) in [6.45, 7) is 0. The van der Waals surface area contributed by atoms with Crippen molar-refractivity contribution in [1.82, 2.24) is 25.1 Å². The fourth-order valence-electron chi connectivity index (χ4n) is 6.84. The third-order valence-electron chi connectivity index (χ3n) is 9.68. The van der Waals surface area contributed by atoms with Gasteiger partial charge in [0, 0.05) is 27.8 Å². The highest BCUT2D eigenvalue weighted by molar-refractivity contribution is 5.89. The fraction of sp³-hybridized carbons (Fsp3) is 0. The highest BCUT2D eigenvalue weighted by atomic mass is 15.1. The van der Waals surface area contributed by atoms with Gasteiger partial charge in [-0.05, 0) is 75.8 Å². The molecule has 2 aromatic heterocycles. The van der Waals surface area contributed by atoms with Gasteiger partial charge in [-0.3, -0.25) is 0 Å². The highest BCUT2D eigenvalue weighted by Crippen LogP contribution is 2.39. The summed E-state index contributed by atoms with van der Waals surface area (Å²) in [5.41, 5.74) is 13.0. The van der Waals surface area contributed by atoms with E-state index in [9.17, 15) is 5.26 Å². The summed E-state index contributed by atoms with van der Waals surface area (Å²) in [4.78, 5) is 14.9. The summed E-state index contributed by atoms with van der Waals surface area (Å²) in [5.74, 6) is 1.80. The summed E-state index contributed by atoms with van der Waals surface area (Å²) in [6, 6.07) is 67.3. The number of nitrogens with zero attached hydrogens (tertiary/aromatic N) is 6. The lowest BCUT2D eigenvalue weighted by Gasteiger charge is -2.15. The lowest BCUT2D eigenvalue weighted by atomic mass is 9.89. The predicted octanol–water partition coefficient (Wildman–Crippen LogP) is 11.9. The number of hydrogen-bond acceptors (Lipinski definition) is 6. The first-order valence-corrected chi connectivity index (χ1v) is 18.3. The van der Waals surface area contributed by atoms with E-state index in [-0.39, 0.29) is 0 Å². The van der Waals surface area contributed by atoms with Crippen molar-refractivity contribution in [3.63, 3.8) is 0 Å². The molecule has 0 saturated carbocycles. The topological polar surface area (TPSA) is 88.2 Å². The number of benzene rings is 7. The predicted molar refractivity (Wildman–Crippen MR) is 224 cm³/mol. The summed E-state index contributed by atoms with van der Waals surface area (Å²) in [7, 11) is 0. The second kappa shape index (κ2) is 15.2. The highest BCUT2D eigenvalue weighted by Gasteiger charge is 2.16. The molecule has 0 atom stereocenters. The van der Waals surface area contributed by atoms with Crippen molar-refractivity contribution in [2.24, 2.45) is 0 Å². The SMILES string of the molecule is N#Cc1cccc(-c2ccc(-c3cccc(-c4ccc(-c5ccccc5)nn4)c3)c(-c3cccc(-c4nc(-c5ccccc5)nc(-c5ccccc5)n4)c3)c2)c1. The minimum Gasteiger partial charge on any atom is -0.208 e. The molecule has 6 nitrogen and oxygen atoms in total. The molecule has 9 rings (SSSR count). The average molecular weight is 717 g/mol. The summed E-state index contributed by atoms with van der Waals surface area (Å²) in [6.07, 6.45) is 0. The normalized spacial score (nSPS) is 10.8. The van der Waals surface area contributed by atoms with Gasteiger partial charge < -0.3 is 0 Å². The molecule has 6 heteroatoms. The van der Waals surface area contributed by atoms with Gasteiger partial charge in [-0.15, -0.1) is 10.2 Å². The van der Waals surface area contributed by atoms with E-state index < -0.39 is 0 Å². The second-order valence-corrected chi connectivity index (χ2v) is 13.3. The monoisotopic (exact) mass is 716 g/mol. The van der Waals surface area contributed by atoms with Gasteiger partial charge in [-0.1, -0.05) is 152 Å². The summed E-state index contributed by atoms with van der Waals surface area (Å²) in [5, 5.41) is 18.8. The third-order valence-corrected chi connectivity index (χ3v) is 9.68. The van der Waals surface area contributed by atoms with Gasteiger partial charge in [-0.25, -0.2) is 15.0 Å². The lowest BCUT2D eigenvalue weighted by Crippen LogP contribution is -2.00. The molecule has 0 saturated heterocycles. The first-order valence-electron chi connectivity index (χ1n) is 18.3. The first-order chi connectivity index (χ1) is 27.7. The molecule has 0 bridgehead atoms. The van der Waals surface area contributed by atoms with Crippen LogP contribution in [0.5, 0.6) is 0 Å². The maximum Gasteiger partial charge on any atom is 0.164 e. The van der Waals surface area contributed by atoms with Crippen molar-refractivity contribution in [2.45, 2.75) is 0 Å². The molecule has 0 radical (unpaired) electrons. The molecule has 7 aromatic carbocycles. The Morgan fingerprint density at radius 3 is 1.36 bits per heavy atom. The Labute approximate surface area is 325 Å². The van der Waals surface area contributed by atoms with Crippen molar-refractivity contribution in [1.29, 1.82) is 5.26 Å². The molecule has 0 fully saturated rings. The molecular formula is C50H32N6. The molecule has 0 amide bonds. The van der Waals surface area contributed by atoms with Crippen LogP contribution < -0.4 is 0 Å². The van der Waals surface area contributed by atoms with Crippen LogP contribution in [0.2, 0.25) is 0 Å². The Morgan fingerprint density at radius 1 is 0.304 bits per heavy atom. The zero-order valence-electron chi connectivity index (χ0n) is 30.2. The van der Waals surface area contributed by atoms with Gasteiger partial charge >= 0.3 is 0 Å². The minimum absolute atomic E-state index is 0.582. The van der Waals surface area contributed by atoms with E-state index in [1.807, 2.05) is 140 Å². The number of aromatic nitrogens is 5. The van der Waals surface area contributed by atoms with Gasteiger partial charge in [0.1, 0.15) is 0 Å². The Hall–Kier alpha value is -7.88. The van der Waals surface area contributed by atoms with E-state index in [2.05, 4.69) is 70.9 Å². The Kier molecular flexibility index (Phi) is 9.23. The second-order valence-electron chi connectivity index (χ2n) is 13.3. The molecule has 0 aliphatic heterocycles. The van der Waals surface area contributed by atoms with Crippen LogP contribution in [0.1, 0.15) is 5.56 Å². The van der Waals surface area contributed by atoms with Crippen molar-refractivity contribution < 1.29 is 0 Å². The molecule has 0 aliphatic rings. The smallest absolute Gasteiger partial charge is 0.164 e. The Balaban J connectivity index is 1.17. The molecule has 0 unspecified atom stereocenters. The molecule has 56 heavy (non-hydrogen) atoms. The molecule has 0 aliphatic carbocycles. The van der Waals surface area contributed by atoms with Crippen LogP contribution in [0.3, 0.4) is 0 Å². The lowest BCUT2D eigenvalue weighted by molar-refractivity contribution is 1.04. The van der Waals surface area contributed by atoms with Crippen LogP contribution in [-0.2, 0) is 0 Å². The first kappa shape index (κ1) is 33.9. The quantitative estimate of drug-likeness (QED) is 0.156. The van der Waals surface area contributed by atoms with Crippen LogP contribution in [-0.4, -0.2) is 25.1 Å². The fourth-order valence-corrected chi connectivity index (χ4v) is 6.84. The van der Waals surface area contributed by atoms with Crippen LogP contribution in [0.25, 0.3) is 90.1 Å². The van der Waals surface area contributed by atoms with Gasteiger partial charge in [-0.2, -0.15) is 5.26 Å². The van der Waals surface area contributed by atoms with E-state index in [0.29, 0.717) is 23.0 Å². The number of nitriles is 1. The maximum absolute atomic E-state index is 9.67. The van der Waals surface area contributed by atoms with Crippen molar-refractivity contribution in [3.8, 4) is 96.1 Å². The molecule has 0 N–H and O–H groups in total. The van der Waals surface area contributed by atoms with Crippen LogP contribution in [0.15, 0.2) is 194 Å². The molecule has 2 heterocycles.